The molecule has 0 unspecified atom stereocenters. The first kappa shape index (κ1) is 14.4. The molecule has 0 saturated heterocycles. The number of aromatic nitrogens is 2. The quantitative estimate of drug-likeness (QED) is 0.921. The third-order valence-corrected chi connectivity index (χ3v) is 3.09. The Kier molecular flexibility index (Phi) is 4.63. The summed E-state index contributed by atoms with van der Waals surface area (Å²) in [6, 6.07) is 5.30. The van der Waals surface area contributed by atoms with Crippen molar-refractivity contribution in [2.45, 2.75) is 13.5 Å². The Morgan fingerprint density at radius 1 is 1.50 bits per heavy atom. The number of nitrogens with zero attached hydrogens (tertiary/aromatic N) is 2. The zero-order chi connectivity index (χ0) is 14.5. The maximum absolute atomic E-state index is 12.0. The van der Waals surface area contributed by atoms with Gasteiger partial charge in [0.05, 0.1) is 6.54 Å². The van der Waals surface area contributed by atoms with Crippen molar-refractivity contribution in [2.75, 3.05) is 13.7 Å². The summed E-state index contributed by atoms with van der Waals surface area (Å²) in [6.45, 7) is 2.30. The van der Waals surface area contributed by atoms with Gasteiger partial charge in [0.1, 0.15) is 11.6 Å². The van der Waals surface area contributed by atoms with Gasteiger partial charge in [-0.15, -0.1) is 0 Å². The van der Waals surface area contributed by atoms with Gasteiger partial charge in [0, 0.05) is 24.5 Å². The minimum Gasteiger partial charge on any atom is -0.483 e. The number of benzene rings is 1. The van der Waals surface area contributed by atoms with E-state index in [1.165, 1.54) is 0 Å². The summed E-state index contributed by atoms with van der Waals surface area (Å²) in [6.07, 6.45) is 3.38. The fraction of sp³-hybridized carbons (Fsp3) is 0.286. The standard InChI is InChI=1S/C14H16ClN3O2/c1-10-7-11(15)3-4-12(10)20-9-14(19)18(2)8-13-16-5-6-17-13/h3-7H,8-9H2,1-2H3,(H,16,17). The molecule has 1 heterocycles. The third-order valence-electron chi connectivity index (χ3n) is 2.86. The fourth-order valence-corrected chi connectivity index (χ4v) is 1.95. The maximum atomic E-state index is 12.0. The number of H-pyrrole nitrogens is 1. The van der Waals surface area contributed by atoms with Crippen LogP contribution in [0.25, 0.3) is 0 Å². The minimum absolute atomic E-state index is 0.0142. The van der Waals surface area contributed by atoms with Crippen molar-refractivity contribution in [3.63, 3.8) is 0 Å². The Bertz CT molecular complexity index is 584. The van der Waals surface area contributed by atoms with Crippen LogP contribution in [0.3, 0.4) is 0 Å². The largest absolute Gasteiger partial charge is 0.483 e. The van der Waals surface area contributed by atoms with Gasteiger partial charge < -0.3 is 14.6 Å². The Morgan fingerprint density at radius 3 is 2.95 bits per heavy atom. The van der Waals surface area contributed by atoms with Crippen LogP contribution in [0.2, 0.25) is 5.02 Å². The highest BCUT2D eigenvalue weighted by molar-refractivity contribution is 6.30. The molecule has 0 bridgehead atoms. The predicted molar refractivity (Wildman–Crippen MR) is 76.7 cm³/mol. The number of hydrogen-bond donors (Lipinski definition) is 1. The van der Waals surface area contributed by atoms with Gasteiger partial charge in [0.2, 0.25) is 0 Å². The first-order valence-corrected chi connectivity index (χ1v) is 6.55. The van der Waals surface area contributed by atoms with Crippen LogP contribution in [0.1, 0.15) is 11.4 Å². The van der Waals surface area contributed by atoms with Gasteiger partial charge in [0.25, 0.3) is 5.91 Å². The molecule has 1 N–H and O–H groups in total. The first-order valence-electron chi connectivity index (χ1n) is 6.17. The lowest BCUT2D eigenvalue weighted by Crippen LogP contribution is -2.31. The van der Waals surface area contributed by atoms with Crippen molar-refractivity contribution in [1.82, 2.24) is 14.9 Å². The zero-order valence-corrected chi connectivity index (χ0v) is 12.1. The van der Waals surface area contributed by atoms with Crippen LogP contribution in [0.4, 0.5) is 0 Å². The SMILES string of the molecule is Cc1cc(Cl)ccc1OCC(=O)N(C)Cc1ncc[nH]1. The van der Waals surface area contributed by atoms with E-state index in [0.29, 0.717) is 17.3 Å². The molecular formula is C14H16ClN3O2. The number of halogens is 1. The first-order chi connectivity index (χ1) is 9.56. The average molecular weight is 294 g/mol. The van der Waals surface area contributed by atoms with E-state index >= 15 is 0 Å². The van der Waals surface area contributed by atoms with E-state index in [2.05, 4.69) is 9.97 Å². The number of ether oxygens (including phenoxy) is 1. The van der Waals surface area contributed by atoms with Crippen LogP contribution >= 0.6 is 11.6 Å². The normalized spacial score (nSPS) is 10.3. The van der Waals surface area contributed by atoms with E-state index in [-0.39, 0.29) is 12.5 Å². The Hall–Kier alpha value is -2.01. The number of hydrogen-bond acceptors (Lipinski definition) is 3. The molecule has 5 nitrogen and oxygen atoms in total. The molecule has 0 spiro atoms. The Balaban J connectivity index is 1.88. The van der Waals surface area contributed by atoms with E-state index in [1.54, 1.807) is 42.5 Å². The summed E-state index contributed by atoms with van der Waals surface area (Å²) < 4.78 is 5.51. The number of rotatable bonds is 5. The van der Waals surface area contributed by atoms with E-state index in [9.17, 15) is 4.79 Å². The number of aromatic amines is 1. The Labute approximate surface area is 122 Å². The van der Waals surface area contributed by atoms with Gasteiger partial charge in [-0.05, 0) is 30.7 Å². The summed E-state index contributed by atoms with van der Waals surface area (Å²) in [5.41, 5.74) is 0.902. The summed E-state index contributed by atoms with van der Waals surface area (Å²) in [4.78, 5) is 20.5. The predicted octanol–water partition coefficient (Wildman–Crippen LogP) is 2.41. The fourth-order valence-electron chi connectivity index (χ4n) is 1.72. The second-order valence-electron chi connectivity index (χ2n) is 4.48. The summed E-state index contributed by atoms with van der Waals surface area (Å²) in [5.74, 6) is 1.29. The van der Waals surface area contributed by atoms with E-state index in [0.717, 1.165) is 11.4 Å². The molecule has 0 aliphatic carbocycles. The van der Waals surface area contributed by atoms with Crippen molar-refractivity contribution in [3.8, 4) is 5.75 Å². The number of carbonyl (C=O) groups excluding carboxylic acids is 1. The molecule has 0 fully saturated rings. The Morgan fingerprint density at radius 2 is 2.30 bits per heavy atom. The van der Waals surface area contributed by atoms with Gasteiger partial charge in [-0.1, -0.05) is 11.6 Å². The van der Waals surface area contributed by atoms with E-state index < -0.39 is 0 Å². The van der Waals surface area contributed by atoms with Crippen LogP contribution in [0.5, 0.6) is 5.75 Å². The van der Waals surface area contributed by atoms with Crippen molar-refractivity contribution >= 4 is 17.5 Å². The van der Waals surface area contributed by atoms with Crippen LogP contribution in [-0.4, -0.2) is 34.4 Å². The van der Waals surface area contributed by atoms with Crippen LogP contribution < -0.4 is 4.74 Å². The highest BCUT2D eigenvalue weighted by Crippen LogP contribution is 2.21. The molecule has 2 aromatic rings. The van der Waals surface area contributed by atoms with Gasteiger partial charge in [-0.3, -0.25) is 4.79 Å². The smallest absolute Gasteiger partial charge is 0.260 e. The highest BCUT2D eigenvalue weighted by atomic mass is 35.5. The van der Waals surface area contributed by atoms with Crippen molar-refractivity contribution in [1.29, 1.82) is 0 Å². The molecule has 6 heteroatoms. The highest BCUT2D eigenvalue weighted by Gasteiger charge is 2.12. The number of amides is 1. The summed E-state index contributed by atoms with van der Waals surface area (Å²) in [7, 11) is 1.71. The van der Waals surface area contributed by atoms with Gasteiger partial charge in [-0.2, -0.15) is 0 Å². The van der Waals surface area contributed by atoms with Crippen LogP contribution in [0, 0.1) is 6.92 Å². The molecule has 2 rings (SSSR count). The van der Waals surface area contributed by atoms with Crippen molar-refractivity contribution < 1.29 is 9.53 Å². The van der Waals surface area contributed by atoms with E-state index in [4.69, 9.17) is 16.3 Å². The number of imidazole rings is 1. The number of likely N-dealkylation sites (N-methyl/N-ethyl adjacent to an activating group) is 1. The monoisotopic (exact) mass is 293 g/mol. The van der Waals surface area contributed by atoms with Gasteiger partial charge in [-0.25, -0.2) is 4.98 Å². The topological polar surface area (TPSA) is 58.2 Å². The average Bonchev–Trinajstić information content (AvgIpc) is 2.90. The molecule has 1 aromatic heterocycles. The van der Waals surface area contributed by atoms with Gasteiger partial charge >= 0.3 is 0 Å². The molecule has 1 amide bonds. The number of nitrogens with one attached hydrogen (secondary N) is 1. The third kappa shape index (κ3) is 3.74. The molecular weight excluding hydrogens is 278 g/mol. The van der Waals surface area contributed by atoms with Crippen molar-refractivity contribution in [2.24, 2.45) is 0 Å². The summed E-state index contributed by atoms with van der Waals surface area (Å²) >= 11 is 5.87. The second-order valence-corrected chi connectivity index (χ2v) is 4.92. The lowest BCUT2D eigenvalue weighted by Gasteiger charge is -2.16. The number of aryl methyl sites for hydroxylation is 1. The van der Waals surface area contributed by atoms with Gasteiger partial charge in [0.15, 0.2) is 6.61 Å². The van der Waals surface area contributed by atoms with Crippen LogP contribution in [0.15, 0.2) is 30.6 Å². The molecule has 0 saturated carbocycles. The van der Waals surface area contributed by atoms with Crippen LogP contribution in [-0.2, 0) is 11.3 Å². The molecule has 0 atom stereocenters. The zero-order valence-electron chi connectivity index (χ0n) is 11.4. The number of carbonyl (C=O) groups is 1. The molecule has 0 aliphatic heterocycles. The lowest BCUT2D eigenvalue weighted by molar-refractivity contribution is -0.132. The molecule has 1 aromatic carbocycles. The molecule has 106 valence electrons. The lowest BCUT2D eigenvalue weighted by atomic mass is 10.2. The van der Waals surface area contributed by atoms with Crippen molar-refractivity contribution in [3.05, 3.63) is 47.0 Å². The maximum Gasteiger partial charge on any atom is 0.260 e. The van der Waals surface area contributed by atoms with E-state index in [1.807, 2.05) is 6.92 Å². The molecule has 0 aliphatic rings. The minimum atomic E-state index is -0.115. The molecule has 20 heavy (non-hydrogen) atoms. The molecule has 0 radical (unpaired) electrons. The second kappa shape index (κ2) is 6.43. The summed E-state index contributed by atoms with van der Waals surface area (Å²) in [5, 5.41) is 0.649.